The Kier molecular flexibility index (Phi) is 7.05. The average Bonchev–Trinajstić information content (AvgIpc) is 2.78. The lowest BCUT2D eigenvalue weighted by atomic mass is 10.1. The lowest BCUT2D eigenvalue weighted by molar-refractivity contribution is 0.209. The molecule has 0 aliphatic rings. The van der Waals surface area contributed by atoms with E-state index in [9.17, 15) is 4.79 Å². The van der Waals surface area contributed by atoms with E-state index in [-0.39, 0.29) is 6.03 Å². The van der Waals surface area contributed by atoms with E-state index in [1.54, 1.807) is 43.5 Å². The van der Waals surface area contributed by atoms with Crippen molar-refractivity contribution < 1.29 is 14.3 Å². The Hall–Kier alpha value is -3.54. The van der Waals surface area contributed by atoms with Gasteiger partial charge in [0, 0.05) is 18.8 Å². The Morgan fingerprint density at radius 3 is 2.48 bits per heavy atom. The maximum Gasteiger partial charge on any atom is 0.322 e. The lowest BCUT2D eigenvalue weighted by Crippen LogP contribution is -2.36. The third-order valence-electron chi connectivity index (χ3n) is 4.53. The monoisotopic (exact) mass is 391 g/mol. The van der Waals surface area contributed by atoms with Gasteiger partial charge in [-0.05, 0) is 36.2 Å². The van der Waals surface area contributed by atoms with Crippen molar-refractivity contribution in [1.29, 1.82) is 0 Å². The van der Waals surface area contributed by atoms with E-state index in [1.165, 1.54) is 5.56 Å². The summed E-state index contributed by atoms with van der Waals surface area (Å²) < 4.78 is 10.6. The van der Waals surface area contributed by atoms with Crippen LogP contribution in [0.5, 0.6) is 11.5 Å². The number of pyridine rings is 1. The number of carbonyl (C=O) groups excluding carboxylic acids is 1. The number of amides is 2. The number of benzene rings is 2. The highest BCUT2D eigenvalue weighted by atomic mass is 16.5. The maximum atomic E-state index is 13.1. The minimum atomic E-state index is -0.213. The van der Waals surface area contributed by atoms with E-state index in [0.29, 0.717) is 30.3 Å². The maximum absolute atomic E-state index is 13.1. The van der Waals surface area contributed by atoms with Crippen LogP contribution < -0.4 is 14.8 Å². The van der Waals surface area contributed by atoms with Gasteiger partial charge < -0.3 is 19.7 Å². The largest absolute Gasteiger partial charge is 0.497 e. The molecular weight excluding hydrogens is 366 g/mol. The predicted molar refractivity (Wildman–Crippen MR) is 113 cm³/mol. The molecule has 29 heavy (non-hydrogen) atoms. The van der Waals surface area contributed by atoms with Crippen molar-refractivity contribution in [3.05, 3.63) is 84.2 Å². The number of rotatable bonds is 8. The van der Waals surface area contributed by atoms with Crippen molar-refractivity contribution in [1.82, 2.24) is 9.88 Å². The van der Waals surface area contributed by atoms with Crippen LogP contribution in [0.25, 0.3) is 0 Å². The number of carbonyl (C=O) groups is 1. The zero-order chi connectivity index (χ0) is 20.5. The Balaban J connectivity index is 1.76. The molecule has 1 N–H and O–H groups in total. The molecule has 2 amide bonds. The van der Waals surface area contributed by atoms with Gasteiger partial charge in [-0.1, -0.05) is 36.4 Å². The predicted octanol–water partition coefficient (Wildman–Crippen LogP) is 4.38. The fraction of sp³-hybridized carbons (Fsp3) is 0.217. The normalized spacial score (nSPS) is 10.3. The molecular formula is C23H25N3O3. The van der Waals surface area contributed by atoms with Gasteiger partial charge in [0.2, 0.25) is 0 Å². The molecule has 6 nitrogen and oxygen atoms in total. The van der Waals surface area contributed by atoms with Crippen molar-refractivity contribution in [2.24, 2.45) is 0 Å². The molecule has 0 saturated heterocycles. The zero-order valence-corrected chi connectivity index (χ0v) is 16.7. The van der Waals surface area contributed by atoms with Crippen molar-refractivity contribution in [2.45, 2.75) is 13.0 Å². The van der Waals surface area contributed by atoms with Crippen LogP contribution in [-0.2, 0) is 13.0 Å². The number of nitrogens with zero attached hydrogens (tertiary/aromatic N) is 2. The number of aromatic nitrogens is 1. The third-order valence-corrected chi connectivity index (χ3v) is 4.53. The van der Waals surface area contributed by atoms with Crippen LogP contribution in [0.15, 0.2) is 72.9 Å². The van der Waals surface area contributed by atoms with Crippen LogP contribution in [0.2, 0.25) is 0 Å². The number of nitrogens with one attached hydrogen (secondary N) is 1. The van der Waals surface area contributed by atoms with Crippen molar-refractivity contribution in [3.8, 4) is 11.5 Å². The number of methoxy groups -OCH3 is 2. The second kappa shape index (κ2) is 10.1. The molecule has 2 aromatic carbocycles. The Morgan fingerprint density at radius 1 is 1.00 bits per heavy atom. The Labute approximate surface area is 171 Å². The van der Waals surface area contributed by atoms with Crippen LogP contribution in [0.1, 0.15) is 11.3 Å². The van der Waals surface area contributed by atoms with E-state index in [2.05, 4.69) is 22.4 Å². The zero-order valence-electron chi connectivity index (χ0n) is 16.7. The number of anilines is 1. The third kappa shape index (κ3) is 5.72. The van der Waals surface area contributed by atoms with Gasteiger partial charge in [-0.3, -0.25) is 4.98 Å². The first-order chi connectivity index (χ1) is 14.2. The van der Waals surface area contributed by atoms with Crippen molar-refractivity contribution in [2.75, 3.05) is 26.1 Å². The first-order valence-corrected chi connectivity index (χ1v) is 9.41. The van der Waals surface area contributed by atoms with E-state index in [4.69, 9.17) is 9.47 Å². The molecule has 150 valence electrons. The molecule has 0 saturated carbocycles. The second-order valence-corrected chi connectivity index (χ2v) is 6.47. The smallest absolute Gasteiger partial charge is 0.322 e. The molecule has 0 atom stereocenters. The van der Waals surface area contributed by atoms with Gasteiger partial charge in [0.25, 0.3) is 0 Å². The summed E-state index contributed by atoms with van der Waals surface area (Å²) in [7, 11) is 3.15. The fourth-order valence-corrected chi connectivity index (χ4v) is 2.94. The van der Waals surface area contributed by atoms with Crippen LogP contribution in [0.3, 0.4) is 0 Å². The van der Waals surface area contributed by atoms with Gasteiger partial charge in [-0.15, -0.1) is 0 Å². The Morgan fingerprint density at radius 2 is 1.79 bits per heavy atom. The van der Waals surface area contributed by atoms with Gasteiger partial charge in [-0.2, -0.15) is 0 Å². The van der Waals surface area contributed by atoms with Gasteiger partial charge in [0.1, 0.15) is 11.5 Å². The molecule has 0 radical (unpaired) electrons. The molecule has 0 bridgehead atoms. The number of ether oxygens (including phenoxy) is 2. The quantitative estimate of drug-likeness (QED) is 0.619. The van der Waals surface area contributed by atoms with E-state index >= 15 is 0 Å². The minimum Gasteiger partial charge on any atom is -0.497 e. The van der Waals surface area contributed by atoms with Crippen LogP contribution in [0.4, 0.5) is 10.5 Å². The van der Waals surface area contributed by atoms with Crippen LogP contribution in [-0.4, -0.2) is 36.7 Å². The summed E-state index contributed by atoms with van der Waals surface area (Å²) in [5, 5.41) is 2.95. The highest BCUT2D eigenvalue weighted by molar-refractivity contribution is 5.91. The highest BCUT2D eigenvalue weighted by Crippen LogP contribution is 2.29. The van der Waals surface area contributed by atoms with Crippen molar-refractivity contribution in [3.63, 3.8) is 0 Å². The topological polar surface area (TPSA) is 63.7 Å². The summed E-state index contributed by atoms with van der Waals surface area (Å²) in [6.07, 6.45) is 2.48. The molecule has 1 aromatic heterocycles. The number of hydrogen-bond acceptors (Lipinski definition) is 4. The van der Waals surface area contributed by atoms with Gasteiger partial charge in [0.05, 0.1) is 32.1 Å². The number of hydrogen-bond donors (Lipinski definition) is 1. The summed E-state index contributed by atoms with van der Waals surface area (Å²) in [4.78, 5) is 19.2. The van der Waals surface area contributed by atoms with Gasteiger partial charge in [0.15, 0.2) is 0 Å². The summed E-state index contributed by atoms with van der Waals surface area (Å²) >= 11 is 0. The summed E-state index contributed by atoms with van der Waals surface area (Å²) in [5.74, 6) is 1.20. The molecule has 6 heteroatoms. The summed E-state index contributed by atoms with van der Waals surface area (Å²) in [5.41, 5.74) is 2.59. The molecule has 0 aliphatic carbocycles. The molecule has 3 aromatic rings. The summed E-state index contributed by atoms with van der Waals surface area (Å²) in [6, 6.07) is 20.9. The van der Waals surface area contributed by atoms with Crippen LogP contribution >= 0.6 is 0 Å². The van der Waals surface area contributed by atoms with Gasteiger partial charge in [-0.25, -0.2) is 4.79 Å². The lowest BCUT2D eigenvalue weighted by Gasteiger charge is -2.23. The second-order valence-electron chi connectivity index (χ2n) is 6.47. The first-order valence-electron chi connectivity index (χ1n) is 9.41. The van der Waals surface area contributed by atoms with Gasteiger partial charge >= 0.3 is 6.03 Å². The molecule has 0 spiro atoms. The molecule has 0 aliphatic heterocycles. The van der Waals surface area contributed by atoms with Crippen molar-refractivity contribution >= 4 is 11.7 Å². The number of urea groups is 1. The van der Waals surface area contributed by atoms with E-state index < -0.39 is 0 Å². The standard InChI is InChI=1S/C23H25N3O3/c1-28-20-11-12-21(22(16-20)29-2)25-23(27)26(17-19-10-6-7-14-24-19)15-13-18-8-4-3-5-9-18/h3-12,14,16H,13,15,17H2,1-2H3,(H,25,27). The highest BCUT2D eigenvalue weighted by Gasteiger charge is 2.17. The first kappa shape index (κ1) is 20.2. The molecule has 3 rings (SSSR count). The molecule has 0 unspecified atom stereocenters. The fourth-order valence-electron chi connectivity index (χ4n) is 2.94. The van der Waals surface area contributed by atoms with E-state index in [0.717, 1.165) is 12.1 Å². The van der Waals surface area contributed by atoms with E-state index in [1.807, 2.05) is 36.4 Å². The molecule has 0 fully saturated rings. The minimum absolute atomic E-state index is 0.213. The van der Waals surface area contributed by atoms with Crippen LogP contribution in [0, 0.1) is 0 Å². The summed E-state index contributed by atoms with van der Waals surface area (Å²) in [6.45, 7) is 0.975. The SMILES string of the molecule is COc1ccc(NC(=O)N(CCc2ccccc2)Cc2ccccn2)c(OC)c1. The molecule has 1 heterocycles. The Bertz CT molecular complexity index is 917. The average molecular weight is 391 g/mol.